The van der Waals surface area contributed by atoms with Crippen LogP contribution >= 0.6 is 0 Å². The van der Waals surface area contributed by atoms with Crippen molar-refractivity contribution in [2.45, 2.75) is 59.1 Å². The highest BCUT2D eigenvalue weighted by molar-refractivity contribution is 5.35. The molecule has 0 aromatic heterocycles. The summed E-state index contributed by atoms with van der Waals surface area (Å²) in [4.78, 5) is 0. The smallest absolute Gasteiger partial charge is 0.122 e. The van der Waals surface area contributed by atoms with E-state index in [1.807, 2.05) is 32.9 Å². The molecule has 0 aliphatic rings. The average molecular weight is 274 g/mol. The topological polar surface area (TPSA) is 45.0 Å². The van der Waals surface area contributed by atoms with E-state index < -0.39 is 5.54 Å². The van der Waals surface area contributed by atoms with E-state index in [1.54, 1.807) is 0 Å². The van der Waals surface area contributed by atoms with E-state index >= 15 is 0 Å². The molecule has 1 aromatic carbocycles. The van der Waals surface area contributed by atoms with E-state index in [4.69, 9.17) is 4.74 Å². The number of ether oxygens (including phenoxy) is 1. The second kappa shape index (κ2) is 7.31. The van der Waals surface area contributed by atoms with Crippen LogP contribution in [0.25, 0.3) is 0 Å². The minimum Gasteiger partial charge on any atom is -0.490 e. The van der Waals surface area contributed by atoms with Gasteiger partial charge in [-0.3, -0.25) is 5.32 Å². The van der Waals surface area contributed by atoms with Gasteiger partial charge in [0.05, 0.1) is 12.2 Å². The minimum atomic E-state index is -0.534. The fraction of sp³-hybridized carbons (Fsp3) is 0.588. The van der Waals surface area contributed by atoms with Crippen LogP contribution in [0, 0.1) is 25.2 Å². The van der Waals surface area contributed by atoms with Crippen LogP contribution in [0.2, 0.25) is 0 Å². The van der Waals surface area contributed by atoms with E-state index in [1.165, 1.54) is 5.56 Å². The molecule has 0 bridgehead atoms. The van der Waals surface area contributed by atoms with Crippen molar-refractivity contribution < 1.29 is 4.74 Å². The fourth-order valence-corrected chi connectivity index (χ4v) is 2.32. The molecule has 0 saturated carbocycles. The highest BCUT2D eigenvalue weighted by atomic mass is 16.5. The van der Waals surface area contributed by atoms with Crippen LogP contribution < -0.4 is 10.1 Å². The van der Waals surface area contributed by atoms with Gasteiger partial charge in [-0.2, -0.15) is 5.26 Å². The molecule has 0 spiro atoms. The van der Waals surface area contributed by atoms with Gasteiger partial charge >= 0.3 is 0 Å². The first kappa shape index (κ1) is 16.5. The fourth-order valence-electron chi connectivity index (χ4n) is 2.32. The standard InChI is InChI=1S/C17H26N2O/c1-6-9-19-17(5,12-18)11-15(4)20-16-8-7-13(2)10-14(16)3/h7-8,10,15,19H,6,9,11H2,1-5H3. The Morgan fingerprint density at radius 1 is 1.40 bits per heavy atom. The first-order valence-corrected chi connectivity index (χ1v) is 7.30. The van der Waals surface area contributed by atoms with Gasteiger partial charge in [0.25, 0.3) is 0 Å². The summed E-state index contributed by atoms with van der Waals surface area (Å²) in [5.41, 5.74) is 1.83. The van der Waals surface area contributed by atoms with Gasteiger partial charge in [0.1, 0.15) is 11.3 Å². The van der Waals surface area contributed by atoms with Crippen molar-refractivity contribution in [2.24, 2.45) is 0 Å². The Hall–Kier alpha value is -1.53. The second-order valence-corrected chi connectivity index (χ2v) is 5.77. The molecule has 2 unspecified atom stereocenters. The number of rotatable bonds is 7. The number of aryl methyl sites for hydroxylation is 2. The quantitative estimate of drug-likeness (QED) is 0.823. The van der Waals surface area contributed by atoms with Gasteiger partial charge < -0.3 is 4.74 Å². The number of nitriles is 1. The van der Waals surface area contributed by atoms with Crippen LogP contribution in [0.4, 0.5) is 0 Å². The first-order chi connectivity index (χ1) is 9.40. The van der Waals surface area contributed by atoms with E-state index in [-0.39, 0.29) is 6.10 Å². The van der Waals surface area contributed by atoms with Crippen LogP contribution in [-0.2, 0) is 0 Å². The lowest BCUT2D eigenvalue weighted by Gasteiger charge is -2.27. The molecule has 0 aliphatic heterocycles. The third kappa shape index (κ3) is 4.86. The largest absolute Gasteiger partial charge is 0.490 e. The van der Waals surface area contributed by atoms with Crippen LogP contribution in [0.3, 0.4) is 0 Å². The molecule has 3 nitrogen and oxygen atoms in total. The predicted octanol–water partition coefficient (Wildman–Crippen LogP) is 3.74. The molecule has 3 heteroatoms. The maximum Gasteiger partial charge on any atom is 0.122 e. The van der Waals surface area contributed by atoms with Crippen LogP contribution in [0.15, 0.2) is 18.2 Å². The Morgan fingerprint density at radius 2 is 2.10 bits per heavy atom. The SMILES string of the molecule is CCCNC(C)(C#N)CC(C)Oc1ccc(C)cc1C. The summed E-state index contributed by atoms with van der Waals surface area (Å²) < 4.78 is 5.99. The molecular formula is C17H26N2O. The predicted molar refractivity (Wildman–Crippen MR) is 82.9 cm³/mol. The second-order valence-electron chi connectivity index (χ2n) is 5.77. The summed E-state index contributed by atoms with van der Waals surface area (Å²) in [7, 11) is 0. The Morgan fingerprint density at radius 3 is 2.65 bits per heavy atom. The van der Waals surface area contributed by atoms with Gasteiger partial charge in [-0.1, -0.05) is 24.6 Å². The van der Waals surface area contributed by atoms with Crippen molar-refractivity contribution in [3.63, 3.8) is 0 Å². The molecule has 2 atom stereocenters. The normalized spacial score (nSPS) is 15.2. The summed E-state index contributed by atoms with van der Waals surface area (Å²) in [5.74, 6) is 0.902. The molecule has 20 heavy (non-hydrogen) atoms. The Kier molecular flexibility index (Phi) is 6.04. The van der Waals surface area contributed by atoms with Gasteiger partial charge in [-0.05, 0) is 52.3 Å². The molecule has 1 N–H and O–H groups in total. The summed E-state index contributed by atoms with van der Waals surface area (Å²) in [5, 5.41) is 12.6. The van der Waals surface area contributed by atoms with Crippen LogP contribution in [0.5, 0.6) is 5.75 Å². The van der Waals surface area contributed by atoms with Crippen molar-refractivity contribution >= 4 is 0 Å². The third-order valence-electron chi connectivity index (χ3n) is 3.37. The van der Waals surface area contributed by atoms with Gasteiger partial charge in [-0.25, -0.2) is 0 Å². The zero-order valence-electron chi connectivity index (χ0n) is 13.3. The average Bonchev–Trinajstić information content (AvgIpc) is 2.40. The van der Waals surface area contributed by atoms with Crippen molar-refractivity contribution in [1.82, 2.24) is 5.32 Å². The molecular weight excluding hydrogens is 248 g/mol. The van der Waals surface area contributed by atoms with Crippen molar-refractivity contribution in [2.75, 3.05) is 6.54 Å². The van der Waals surface area contributed by atoms with Crippen LogP contribution in [-0.4, -0.2) is 18.2 Å². The van der Waals surface area contributed by atoms with Gasteiger partial charge in [0.15, 0.2) is 0 Å². The maximum atomic E-state index is 9.35. The summed E-state index contributed by atoms with van der Waals surface area (Å²) in [6, 6.07) is 8.53. The molecule has 0 fully saturated rings. The molecule has 1 rings (SSSR count). The van der Waals surface area contributed by atoms with Gasteiger partial charge in [-0.15, -0.1) is 0 Å². The monoisotopic (exact) mass is 274 g/mol. The van der Waals surface area contributed by atoms with E-state index in [0.717, 1.165) is 24.3 Å². The molecule has 0 aliphatic carbocycles. The molecule has 0 amide bonds. The van der Waals surface area contributed by atoms with Crippen LogP contribution in [0.1, 0.15) is 44.7 Å². The number of hydrogen-bond donors (Lipinski definition) is 1. The van der Waals surface area contributed by atoms with Crippen molar-refractivity contribution in [3.05, 3.63) is 29.3 Å². The zero-order valence-corrected chi connectivity index (χ0v) is 13.3. The van der Waals surface area contributed by atoms with E-state index in [2.05, 4.69) is 31.3 Å². The summed E-state index contributed by atoms with van der Waals surface area (Å²) >= 11 is 0. The Bertz CT molecular complexity index is 478. The number of benzene rings is 1. The summed E-state index contributed by atoms with van der Waals surface area (Å²) in [6.45, 7) is 11.0. The molecule has 0 saturated heterocycles. The summed E-state index contributed by atoms with van der Waals surface area (Å²) in [6.07, 6.45) is 1.67. The van der Waals surface area contributed by atoms with Gasteiger partial charge in [0, 0.05) is 6.42 Å². The number of nitrogens with zero attached hydrogens (tertiary/aromatic N) is 1. The molecule has 1 aromatic rings. The lowest BCUT2D eigenvalue weighted by molar-refractivity contribution is 0.178. The molecule has 0 heterocycles. The maximum absolute atomic E-state index is 9.35. The lowest BCUT2D eigenvalue weighted by atomic mass is 9.96. The van der Waals surface area contributed by atoms with E-state index in [0.29, 0.717) is 6.42 Å². The lowest BCUT2D eigenvalue weighted by Crippen LogP contribution is -2.44. The Labute approximate surface area is 123 Å². The highest BCUT2D eigenvalue weighted by Crippen LogP contribution is 2.22. The Balaban J connectivity index is 2.66. The molecule has 0 radical (unpaired) electrons. The van der Waals surface area contributed by atoms with Crippen molar-refractivity contribution in [1.29, 1.82) is 5.26 Å². The first-order valence-electron chi connectivity index (χ1n) is 7.30. The van der Waals surface area contributed by atoms with Gasteiger partial charge in [0.2, 0.25) is 0 Å². The highest BCUT2D eigenvalue weighted by Gasteiger charge is 2.26. The van der Waals surface area contributed by atoms with Crippen molar-refractivity contribution in [3.8, 4) is 11.8 Å². The third-order valence-corrected chi connectivity index (χ3v) is 3.37. The zero-order chi connectivity index (χ0) is 15.2. The molecule has 110 valence electrons. The van der Waals surface area contributed by atoms with E-state index in [9.17, 15) is 5.26 Å². The number of nitrogens with one attached hydrogen (secondary N) is 1. The number of hydrogen-bond acceptors (Lipinski definition) is 3. The minimum absolute atomic E-state index is 0.00888.